The molecule has 0 bridgehead atoms. The third kappa shape index (κ3) is 3.92. The molecule has 0 saturated carbocycles. The molecule has 1 unspecified atom stereocenters. The fourth-order valence-electron chi connectivity index (χ4n) is 2.88. The molecule has 2 aromatic rings. The van der Waals surface area contributed by atoms with E-state index >= 15 is 0 Å². The Bertz CT molecular complexity index is 731. The van der Waals surface area contributed by atoms with Gasteiger partial charge in [-0.3, -0.25) is 0 Å². The van der Waals surface area contributed by atoms with E-state index in [1.807, 2.05) is 0 Å². The number of rotatable bonds is 4. The van der Waals surface area contributed by atoms with Crippen molar-refractivity contribution < 1.29 is 5.11 Å². The second-order valence-electron chi connectivity index (χ2n) is 7.57. The van der Waals surface area contributed by atoms with Crippen molar-refractivity contribution in [3.8, 4) is 5.75 Å². The lowest BCUT2D eigenvalue weighted by Gasteiger charge is -2.25. The van der Waals surface area contributed by atoms with Crippen LogP contribution in [0.2, 0.25) is 0 Å². The minimum atomic E-state index is -0.0654. The number of nitrogens with zero attached hydrogens (tertiary/aromatic N) is 1. The Morgan fingerprint density at radius 2 is 1.79 bits per heavy atom. The van der Waals surface area contributed by atoms with Gasteiger partial charge in [-0.2, -0.15) is 0 Å². The zero-order chi connectivity index (χ0) is 18.1. The Balaban J connectivity index is 2.56. The van der Waals surface area contributed by atoms with Crippen molar-refractivity contribution in [3.63, 3.8) is 0 Å². The van der Waals surface area contributed by atoms with Crippen LogP contribution in [0.4, 0.5) is 5.69 Å². The highest BCUT2D eigenvalue weighted by Crippen LogP contribution is 2.34. The molecule has 1 N–H and O–H groups in total. The normalized spacial score (nSPS) is 12.1. The highest BCUT2D eigenvalue weighted by Gasteiger charge is 2.21. The standard InChI is InChI=1S/C21H30NOP/c1-8-22(7)17-11-9-10-15(3)20(17)24-18-13-14(2)12-16(19(18)23)21(4,5)6/h9-13,23-24H,8H2,1-7H3. The number of benzene rings is 2. The summed E-state index contributed by atoms with van der Waals surface area (Å²) in [5.41, 5.74) is 4.71. The number of phenols is 1. The van der Waals surface area contributed by atoms with Gasteiger partial charge in [-0.05, 0) is 49.4 Å². The van der Waals surface area contributed by atoms with Crippen molar-refractivity contribution in [3.05, 3.63) is 47.0 Å². The maximum absolute atomic E-state index is 10.9. The quantitative estimate of drug-likeness (QED) is 0.832. The lowest BCUT2D eigenvalue weighted by atomic mass is 9.85. The zero-order valence-electron chi connectivity index (χ0n) is 16.0. The molecule has 2 nitrogen and oxygen atoms in total. The zero-order valence-corrected chi connectivity index (χ0v) is 17.0. The van der Waals surface area contributed by atoms with Crippen LogP contribution in [-0.4, -0.2) is 18.7 Å². The predicted molar refractivity (Wildman–Crippen MR) is 109 cm³/mol. The molecule has 0 saturated heterocycles. The molecule has 130 valence electrons. The number of phenolic OH excluding ortho intramolecular Hbond substituents is 1. The Morgan fingerprint density at radius 1 is 1.12 bits per heavy atom. The van der Waals surface area contributed by atoms with Gasteiger partial charge < -0.3 is 10.0 Å². The lowest BCUT2D eigenvalue weighted by Crippen LogP contribution is -2.24. The number of aryl methyl sites for hydroxylation is 2. The first kappa shape index (κ1) is 18.8. The molecule has 0 aliphatic rings. The topological polar surface area (TPSA) is 23.5 Å². The van der Waals surface area contributed by atoms with E-state index in [4.69, 9.17) is 0 Å². The van der Waals surface area contributed by atoms with Crippen LogP contribution in [0.5, 0.6) is 5.75 Å². The highest BCUT2D eigenvalue weighted by atomic mass is 31.1. The average Bonchev–Trinajstić information content (AvgIpc) is 2.50. The molecule has 3 heteroatoms. The SMILES string of the molecule is CCN(C)c1cccc(C)c1Pc1cc(C)cc(C(C)(C)C)c1O. The molecule has 1 atom stereocenters. The largest absolute Gasteiger partial charge is 0.507 e. The predicted octanol–water partition coefficient (Wildman–Crippen LogP) is 4.39. The molecule has 0 radical (unpaired) electrons. The number of hydrogen-bond acceptors (Lipinski definition) is 2. The fourth-order valence-corrected chi connectivity index (χ4v) is 4.39. The Kier molecular flexibility index (Phi) is 5.60. The third-order valence-electron chi connectivity index (χ3n) is 4.46. The summed E-state index contributed by atoms with van der Waals surface area (Å²) in [6.45, 7) is 13.9. The van der Waals surface area contributed by atoms with E-state index < -0.39 is 0 Å². The summed E-state index contributed by atoms with van der Waals surface area (Å²) in [5, 5.41) is 13.2. The van der Waals surface area contributed by atoms with E-state index in [0.29, 0.717) is 14.3 Å². The maximum atomic E-state index is 10.9. The molecule has 0 heterocycles. The van der Waals surface area contributed by atoms with Gasteiger partial charge in [0.25, 0.3) is 0 Å². The second kappa shape index (κ2) is 7.15. The van der Waals surface area contributed by atoms with Gasteiger partial charge in [-0.1, -0.05) is 47.6 Å². The van der Waals surface area contributed by atoms with Crippen LogP contribution in [0.3, 0.4) is 0 Å². The number of aromatic hydroxyl groups is 1. The van der Waals surface area contributed by atoms with Crippen LogP contribution in [0.25, 0.3) is 0 Å². The average molecular weight is 343 g/mol. The molecule has 24 heavy (non-hydrogen) atoms. The molecule has 0 fully saturated rings. The molecule has 0 aliphatic heterocycles. The van der Waals surface area contributed by atoms with E-state index in [2.05, 4.69) is 83.8 Å². The van der Waals surface area contributed by atoms with Crippen molar-refractivity contribution >= 4 is 24.9 Å². The van der Waals surface area contributed by atoms with Crippen LogP contribution >= 0.6 is 8.58 Å². The fraction of sp³-hybridized carbons (Fsp3) is 0.429. The summed E-state index contributed by atoms with van der Waals surface area (Å²) in [6.07, 6.45) is 0. The number of hydrogen-bond donors (Lipinski definition) is 1. The van der Waals surface area contributed by atoms with E-state index in [1.165, 1.54) is 22.1 Å². The number of anilines is 1. The monoisotopic (exact) mass is 343 g/mol. The summed E-state index contributed by atoms with van der Waals surface area (Å²) < 4.78 is 0. The van der Waals surface area contributed by atoms with E-state index in [1.54, 1.807) is 0 Å². The van der Waals surface area contributed by atoms with E-state index in [9.17, 15) is 5.11 Å². The summed E-state index contributed by atoms with van der Waals surface area (Å²) in [4.78, 5) is 2.27. The van der Waals surface area contributed by atoms with E-state index in [-0.39, 0.29) is 5.41 Å². The van der Waals surface area contributed by atoms with Gasteiger partial charge in [0.2, 0.25) is 0 Å². The smallest absolute Gasteiger partial charge is 0.127 e. The molecular weight excluding hydrogens is 313 g/mol. The van der Waals surface area contributed by atoms with Crippen LogP contribution < -0.4 is 15.5 Å². The second-order valence-corrected chi connectivity index (χ2v) is 8.86. The minimum Gasteiger partial charge on any atom is -0.507 e. The van der Waals surface area contributed by atoms with Crippen molar-refractivity contribution in [1.29, 1.82) is 0 Å². The highest BCUT2D eigenvalue weighted by molar-refractivity contribution is 7.56. The van der Waals surface area contributed by atoms with Gasteiger partial charge in [0, 0.05) is 35.5 Å². The lowest BCUT2D eigenvalue weighted by molar-refractivity contribution is 0.450. The molecule has 0 aliphatic carbocycles. The summed E-state index contributed by atoms with van der Waals surface area (Å²) in [7, 11) is 2.57. The first-order valence-corrected chi connectivity index (χ1v) is 9.57. The Hall–Kier alpha value is -1.53. The van der Waals surface area contributed by atoms with Gasteiger partial charge in [0.15, 0.2) is 0 Å². The summed E-state index contributed by atoms with van der Waals surface area (Å²) >= 11 is 0. The molecule has 0 spiro atoms. The van der Waals surface area contributed by atoms with Crippen LogP contribution in [0.15, 0.2) is 30.3 Å². The van der Waals surface area contributed by atoms with Gasteiger partial charge in [-0.25, -0.2) is 0 Å². The first-order chi connectivity index (χ1) is 11.1. The van der Waals surface area contributed by atoms with Gasteiger partial charge in [-0.15, -0.1) is 0 Å². The van der Waals surface area contributed by atoms with E-state index in [0.717, 1.165) is 17.4 Å². The third-order valence-corrected chi connectivity index (χ3v) is 6.01. The van der Waals surface area contributed by atoms with Gasteiger partial charge in [0.05, 0.1) is 0 Å². The van der Waals surface area contributed by atoms with Crippen LogP contribution in [0.1, 0.15) is 44.4 Å². The Labute approximate surface area is 148 Å². The minimum absolute atomic E-state index is 0.0654. The molecule has 2 rings (SSSR count). The summed E-state index contributed by atoms with van der Waals surface area (Å²) in [6, 6.07) is 10.7. The molecule has 2 aromatic carbocycles. The van der Waals surface area contributed by atoms with Crippen molar-refractivity contribution in [1.82, 2.24) is 0 Å². The van der Waals surface area contributed by atoms with Crippen LogP contribution in [0, 0.1) is 13.8 Å². The Morgan fingerprint density at radius 3 is 2.38 bits per heavy atom. The van der Waals surface area contributed by atoms with Crippen molar-refractivity contribution in [2.75, 3.05) is 18.5 Å². The first-order valence-electron chi connectivity index (χ1n) is 8.57. The van der Waals surface area contributed by atoms with Crippen LogP contribution in [-0.2, 0) is 5.41 Å². The van der Waals surface area contributed by atoms with Crippen molar-refractivity contribution in [2.24, 2.45) is 0 Å². The molecule has 0 amide bonds. The van der Waals surface area contributed by atoms with Gasteiger partial charge >= 0.3 is 0 Å². The van der Waals surface area contributed by atoms with Crippen molar-refractivity contribution in [2.45, 2.75) is 47.0 Å². The van der Waals surface area contributed by atoms with Gasteiger partial charge in [0.1, 0.15) is 5.75 Å². The maximum Gasteiger partial charge on any atom is 0.127 e. The summed E-state index contributed by atoms with van der Waals surface area (Å²) in [5.74, 6) is 0.458. The molecule has 0 aromatic heterocycles. The molecular formula is C21H30NOP.